The lowest BCUT2D eigenvalue weighted by Crippen LogP contribution is -2.14. The van der Waals surface area contributed by atoms with Crippen LogP contribution in [0.5, 0.6) is 0 Å². The Morgan fingerprint density at radius 2 is 1.64 bits per heavy atom. The number of rotatable bonds is 5. The smallest absolute Gasteiger partial charge is 0.256 e. The number of nitrogens with one attached hydrogen (secondary N) is 2. The first-order valence-corrected chi connectivity index (χ1v) is 8.25. The van der Waals surface area contributed by atoms with Crippen LogP contribution >= 0.6 is 0 Å². The van der Waals surface area contributed by atoms with Crippen LogP contribution in [0.4, 0.5) is 11.5 Å². The highest BCUT2D eigenvalue weighted by Gasteiger charge is 2.08. The van der Waals surface area contributed by atoms with Crippen molar-refractivity contribution in [1.82, 2.24) is 4.98 Å². The lowest BCUT2D eigenvalue weighted by Gasteiger charge is -2.10. The first kappa shape index (κ1) is 16.7. The van der Waals surface area contributed by atoms with Crippen LogP contribution in [-0.2, 0) is 6.54 Å². The predicted molar refractivity (Wildman–Crippen MR) is 102 cm³/mol. The summed E-state index contributed by atoms with van der Waals surface area (Å²) in [5.41, 5.74) is 5.01. The molecule has 1 aromatic heterocycles. The molecule has 1 amide bonds. The standard InChI is InChI=1S/C21H21N3O/c1-15-6-3-4-8-19(15)23-14-17-9-11-18(12-10-17)21(25)24-20-16(2)7-5-13-22-20/h3-13,23H,14H2,1-2H3,(H,22,24,25). The number of para-hydroxylation sites is 1. The number of aromatic nitrogens is 1. The van der Waals surface area contributed by atoms with E-state index in [0.29, 0.717) is 17.9 Å². The Labute approximate surface area is 147 Å². The molecule has 0 aliphatic carbocycles. The average molecular weight is 331 g/mol. The van der Waals surface area contributed by atoms with Crippen molar-refractivity contribution in [2.45, 2.75) is 20.4 Å². The Kier molecular flexibility index (Phi) is 5.09. The van der Waals surface area contributed by atoms with E-state index in [4.69, 9.17) is 0 Å². The van der Waals surface area contributed by atoms with E-state index in [2.05, 4.69) is 34.7 Å². The third kappa shape index (κ3) is 4.23. The van der Waals surface area contributed by atoms with Crippen molar-refractivity contribution in [2.24, 2.45) is 0 Å². The lowest BCUT2D eigenvalue weighted by atomic mass is 10.1. The van der Waals surface area contributed by atoms with Crippen LogP contribution in [0.15, 0.2) is 66.9 Å². The van der Waals surface area contributed by atoms with E-state index in [0.717, 1.165) is 16.8 Å². The largest absolute Gasteiger partial charge is 0.381 e. The summed E-state index contributed by atoms with van der Waals surface area (Å²) in [4.78, 5) is 16.5. The molecule has 4 heteroatoms. The third-order valence-electron chi connectivity index (χ3n) is 4.09. The predicted octanol–water partition coefficient (Wildman–Crippen LogP) is 4.56. The molecule has 3 aromatic rings. The number of pyridine rings is 1. The van der Waals surface area contributed by atoms with Crippen molar-refractivity contribution in [3.63, 3.8) is 0 Å². The number of amides is 1. The fraction of sp³-hybridized carbons (Fsp3) is 0.143. The first-order chi connectivity index (χ1) is 12.1. The zero-order valence-corrected chi connectivity index (χ0v) is 14.4. The summed E-state index contributed by atoms with van der Waals surface area (Å²) in [5.74, 6) is 0.443. The van der Waals surface area contributed by atoms with Crippen molar-refractivity contribution in [2.75, 3.05) is 10.6 Å². The van der Waals surface area contributed by atoms with Gasteiger partial charge in [-0.1, -0.05) is 36.4 Å². The summed E-state index contributed by atoms with van der Waals surface area (Å²) >= 11 is 0. The third-order valence-corrected chi connectivity index (χ3v) is 4.09. The number of hydrogen-bond donors (Lipinski definition) is 2. The van der Waals surface area contributed by atoms with Gasteiger partial charge in [-0.05, 0) is 54.8 Å². The Morgan fingerprint density at radius 1 is 0.920 bits per heavy atom. The van der Waals surface area contributed by atoms with Crippen LogP contribution in [0.25, 0.3) is 0 Å². The number of anilines is 2. The number of benzene rings is 2. The minimum Gasteiger partial charge on any atom is -0.381 e. The van der Waals surface area contributed by atoms with Crippen LogP contribution in [0, 0.1) is 13.8 Å². The second-order valence-electron chi connectivity index (χ2n) is 5.99. The molecule has 0 spiro atoms. The van der Waals surface area contributed by atoms with E-state index < -0.39 is 0 Å². The van der Waals surface area contributed by atoms with Gasteiger partial charge < -0.3 is 10.6 Å². The maximum atomic E-state index is 12.3. The lowest BCUT2D eigenvalue weighted by molar-refractivity contribution is 0.102. The van der Waals surface area contributed by atoms with Gasteiger partial charge in [0.05, 0.1) is 0 Å². The van der Waals surface area contributed by atoms with Crippen molar-refractivity contribution in [3.8, 4) is 0 Å². The molecule has 3 rings (SSSR count). The van der Waals surface area contributed by atoms with E-state index in [1.165, 1.54) is 5.56 Å². The van der Waals surface area contributed by atoms with E-state index in [-0.39, 0.29) is 5.91 Å². The van der Waals surface area contributed by atoms with Gasteiger partial charge in [-0.25, -0.2) is 4.98 Å². The number of carbonyl (C=O) groups excluding carboxylic acids is 1. The molecule has 0 saturated carbocycles. The minimum atomic E-state index is -0.153. The molecule has 0 aliphatic rings. The van der Waals surface area contributed by atoms with Crippen molar-refractivity contribution >= 4 is 17.4 Å². The van der Waals surface area contributed by atoms with Gasteiger partial charge in [-0.2, -0.15) is 0 Å². The Bertz CT molecular complexity index is 872. The Hall–Kier alpha value is -3.14. The SMILES string of the molecule is Cc1ccccc1NCc1ccc(C(=O)Nc2ncccc2C)cc1. The summed E-state index contributed by atoms with van der Waals surface area (Å²) in [7, 11) is 0. The van der Waals surface area contributed by atoms with Gasteiger partial charge in [0.25, 0.3) is 5.91 Å². The highest BCUT2D eigenvalue weighted by molar-refractivity contribution is 6.04. The normalized spacial score (nSPS) is 10.3. The molecule has 0 unspecified atom stereocenters. The van der Waals surface area contributed by atoms with Crippen LogP contribution < -0.4 is 10.6 Å². The number of aryl methyl sites for hydroxylation is 2. The van der Waals surface area contributed by atoms with Crippen LogP contribution in [-0.4, -0.2) is 10.9 Å². The topological polar surface area (TPSA) is 54.0 Å². The molecule has 2 aromatic carbocycles. The molecule has 2 N–H and O–H groups in total. The summed E-state index contributed by atoms with van der Waals surface area (Å²) in [5, 5.41) is 6.26. The molecule has 0 bridgehead atoms. The average Bonchev–Trinajstić information content (AvgIpc) is 2.63. The van der Waals surface area contributed by atoms with Gasteiger partial charge in [0.15, 0.2) is 0 Å². The zero-order valence-electron chi connectivity index (χ0n) is 14.4. The van der Waals surface area contributed by atoms with Gasteiger partial charge in [0.2, 0.25) is 0 Å². The van der Waals surface area contributed by atoms with Crippen LogP contribution in [0.1, 0.15) is 27.0 Å². The summed E-state index contributed by atoms with van der Waals surface area (Å²) in [6, 6.07) is 19.5. The van der Waals surface area contributed by atoms with Crippen molar-refractivity contribution in [1.29, 1.82) is 0 Å². The van der Waals surface area contributed by atoms with E-state index in [1.807, 2.05) is 55.5 Å². The van der Waals surface area contributed by atoms with E-state index >= 15 is 0 Å². The maximum absolute atomic E-state index is 12.3. The Morgan fingerprint density at radius 3 is 2.36 bits per heavy atom. The second kappa shape index (κ2) is 7.62. The highest BCUT2D eigenvalue weighted by atomic mass is 16.1. The fourth-order valence-electron chi connectivity index (χ4n) is 2.54. The fourth-order valence-corrected chi connectivity index (χ4v) is 2.54. The molecule has 0 saturated heterocycles. The molecule has 0 fully saturated rings. The van der Waals surface area contributed by atoms with Gasteiger partial charge in [0.1, 0.15) is 5.82 Å². The van der Waals surface area contributed by atoms with Crippen molar-refractivity contribution < 1.29 is 4.79 Å². The number of hydrogen-bond acceptors (Lipinski definition) is 3. The highest BCUT2D eigenvalue weighted by Crippen LogP contribution is 2.16. The second-order valence-corrected chi connectivity index (χ2v) is 5.99. The minimum absolute atomic E-state index is 0.153. The zero-order chi connectivity index (χ0) is 17.6. The molecular formula is C21H21N3O. The summed E-state index contributed by atoms with van der Waals surface area (Å²) in [6.45, 7) is 4.71. The van der Waals surface area contributed by atoms with E-state index in [1.54, 1.807) is 6.20 Å². The van der Waals surface area contributed by atoms with Crippen LogP contribution in [0.3, 0.4) is 0 Å². The number of nitrogens with zero attached hydrogens (tertiary/aromatic N) is 1. The molecule has 1 heterocycles. The van der Waals surface area contributed by atoms with Gasteiger partial charge in [-0.3, -0.25) is 4.79 Å². The van der Waals surface area contributed by atoms with Crippen LogP contribution in [0.2, 0.25) is 0 Å². The maximum Gasteiger partial charge on any atom is 0.256 e. The molecule has 25 heavy (non-hydrogen) atoms. The van der Waals surface area contributed by atoms with Gasteiger partial charge in [0, 0.05) is 24.0 Å². The summed E-state index contributed by atoms with van der Waals surface area (Å²) in [6.07, 6.45) is 1.67. The van der Waals surface area contributed by atoms with E-state index in [9.17, 15) is 4.79 Å². The molecule has 4 nitrogen and oxygen atoms in total. The first-order valence-electron chi connectivity index (χ1n) is 8.25. The summed E-state index contributed by atoms with van der Waals surface area (Å²) < 4.78 is 0. The van der Waals surface area contributed by atoms with Crippen molar-refractivity contribution in [3.05, 3.63) is 89.1 Å². The monoisotopic (exact) mass is 331 g/mol. The molecular weight excluding hydrogens is 310 g/mol. The van der Waals surface area contributed by atoms with Gasteiger partial charge in [-0.15, -0.1) is 0 Å². The van der Waals surface area contributed by atoms with Gasteiger partial charge >= 0.3 is 0 Å². The molecule has 126 valence electrons. The molecule has 0 atom stereocenters. The Balaban J connectivity index is 1.63. The quantitative estimate of drug-likeness (QED) is 0.720. The number of carbonyl (C=O) groups is 1. The molecule has 0 aliphatic heterocycles. The molecule has 0 radical (unpaired) electrons.